The number of non-ortho nitro benzene ring substituents is 1. The second-order valence-electron chi connectivity index (χ2n) is 3.48. The fourth-order valence-corrected chi connectivity index (χ4v) is 1.50. The van der Waals surface area contributed by atoms with Gasteiger partial charge in [0.2, 0.25) is 0 Å². The van der Waals surface area contributed by atoms with E-state index in [4.69, 9.17) is 4.74 Å². The Balaban J connectivity index is 2.44. The van der Waals surface area contributed by atoms with Gasteiger partial charge in [0, 0.05) is 18.5 Å². The van der Waals surface area contributed by atoms with Gasteiger partial charge in [0.05, 0.1) is 23.0 Å². The first-order valence-electron chi connectivity index (χ1n) is 5.23. The van der Waals surface area contributed by atoms with Crippen molar-refractivity contribution < 1.29 is 9.66 Å². The second kappa shape index (κ2) is 5.13. The third-order valence-electron chi connectivity index (χ3n) is 2.29. The van der Waals surface area contributed by atoms with Crippen LogP contribution >= 0.6 is 0 Å². The van der Waals surface area contributed by atoms with Crippen LogP contribution in [0.4, 0.5) is 5.69 Å². The van der Waals surface area contributed by atoms with E-state index in [-0.39, 0.29) is 12.3 Å². The highest BCUT2D eigenvalue weighted by molar-refractivity contribution is 5.53. The average molecular weight is 245 g/mol. The number of nitro benzene ring substituents is 1. The quantitative estimate of drug-likeness (QED) is 0.460. The van der Waals surface area contributed by atoms with Crippen molar-refractivity contribution in [3.8, 4) is 11.4 Å². The molecule has 92 valence electrons. The Hall–Kier alpha value is -2.63. The predicted molar refractivity (Wildman–Crippen MR) is 65.9 cm³/mol. The summed E-state index contributed by atoms with van der Waals surface area (Å²) in [5.74, 6) is 0.419. The summed E-state index contributed by atoms with van der Waals surface area (Å²) in [4.78, 5) is 14.2. The maximum Gasteiger partial charge on any atom is 0.273 e. The number of ether oxygens (including phenoxy) is 1. The lowest BCUT2D eigenvalue weighted by molar-refractivity contribution is -0.384. The molecular weight excluding hydrogens is 234 g/mol. The van der Waals surface area contributed by atoms with E-state index in [1.165, 1.54) is 12.1 Å². The minimum absolute atomic E-state index is 0.0158. The molecule has 1 heterocycles. The van der Waals surface area contributed by atoms with Crippen LogP contribution in [0.2, 0.25) is 0 Å². The molecule has 2 rings (SSSR count). The summed E-state index contributed by atoms with van der Waals surface area (Å²) < 4.78 is 7.15. The Kier molecular flexibility index (Phi) is 3.38. The molecule has 1 aromatic carbocycles. The monoisotopic (exact) mass is 245 g/mol. The zero-order chi connectivity index (χ0) is 13.0. The molecule has 6 nitrogen and oxygen atoms in total. The number of hydrogen-bond acceptors (Lipinski definition) is 4. The van der Waals surface area contributed by atoms with Crippen molar-refractivity contribution >= 4 is 5.69 Å². The molecular formula is C12H11N3O3. The smallest absolute Gasteiger partial charge is 0.273 e. The molecule has 0 aliphatic heterocycles. The summed E-state index contributed by atoms with van der Waals surface area (Å²) in [5.41, 5.74) is 0.679. The third kappa shape index (κ3) is 2.37. The first-order chi connectivity index (χ1) is 8.72. The molecule has 18 heavy (non-hydrogen) atoms. The number of rotatable bonds is 5. The van der Waals surface area contributed by atoms with Crippen LogP contribution in [0.15, 0.2) is 49.6 Å². The highest BCUT2D eigenvalue weighted by Gasteiger charge is 2.12. The maximum atomic E-state index is 10.7. The first-order valence-corrected chi connectivity index (χ1v) is 5.23. The van der Waals surface area contributed by atoms with Crippen molar-refractivity contribution in [2.45, 2.75) is 0 Å². The van der Waals surface area contributed by atoms with E-state index in [1.807, 2.05) is 0 Å². The second-order valence-corrected chi connectivity index (χ2v) is 3.48. The molecule has 6 heteroatoms. The van der Waals surface area contributed by atoms with E-state index in [2.05, 4.69) is 11.6 Å². The van der Waals surface area contributed by atoms with Gasteiger partial charge in [-0.15, -0.1) is 0 Å². The lowest BCUT2D eigenvalue weighted by atomic mass is 10.2. The van der Waals surface area contributed by atoms with Gasteiger partial charge in [0.1, 0.15) is 6.61 Å². The summed E-state index contributed by atoms with van der Waals surface area (Å²) in [5, 5.41) is 10.7. The summed E-state index contributed by atoms with van der Waals surface area (Å²) in [6.45, 7) is 3.83. The van der Waals surface area contributed by atoms with Gasteiger partial charge in [-0.3, -0.25) is 10.1 Å². The van der Waals surface area contributed by atoms with Crippen molar-refractivity contribution in [3.05, 3.63) is 59.7 Å². The van der Waals surface area contributed by atoms with Crippen LogP contribution in [0.25, 0.3) is 5.69 Å². The van der Waals surface area contributed by atoms with Crippen LogP contribution in [0, 0.1) is 10.1 Å². The fourth-order valence-electron chi connectivity index (χ4n) is 1.50. The Morgan fingerprint density at radius 3 is 3.00 bits per heavy atom. The van der Waals surface area contributed by atoms with Crippen molar-refractivity contribution in [1.82, 2.24) is 9.55 Å². The number of nitro groups is 1. The van der Waals surface area contributed by atoms with Gasteiger partial charge in [-0.1, -0.05) is 12.7 Å². The van der Waals surface area contributed by atoms with Crippen LogP contribution in [0.1, 0.15) is 0 Å². The van der Waals surface area contributed by atoms with Gasteiger partial charge in [-0.2, -0.15) is 0 Å². The topological polar surface area (TPSA) is 70.2 Å². The Morgan fingerprint density at radius 1 is 1.56 bits per heavy atom. The first kappa shape index (κ1) is 11.8. The molecule has 0 spiro atoms. The zero-order valence-corrected chi connectivity index (χ0v) is 9.52. The fraction of sp³-hybridized carbons (Fsp3) is 0.0833. The van der Waals surface area contributed by atoms with E-state index >= 15 is 0 Å². The van der Waals surface area contributed by atoms with Crippen molar-refractivity contribution in [2.75, 3.05) is 6.61 Å². The highest BCUT2D eigenvalue weighted by Crippen LogP contribution is 2.27. The highest BCUT2D eigenvalue weighted by atomic mass is 16.6. The van der Waals surface area contributed by atoms with Crippen LogP contribution in [0.3, 0.4) is 0 Å². The largest absolute Gasteiger partial charge is 0.487 e. The SMILES string of the molecule is C=CCOc1cc([N+](=O)[O-])ccc1-n1ccnc1. The number of benzene rings is 1. The van der Waals surface area contributed by atoms with Crippen molar-refractivity contribution in [1.29, 1.82) is 0 Å². The summed E-state index contributed by atoms with van der Waals surface area (Å²) >= 11 is 0. The molecule has 0 aliphatic rings. The van der Waals surface area contributed by atoms with E-state index < -0.39 is 4.92 Å². The molecule has 0 saturated carbocycles. The summed E-state index contributed by atoms with van der Waals surface area (Å²) in [6.07, 6.45) is 6.54. The maximum absolute atomic E-state index is 10.7. The number of hydrogen-bond donors (Lipinski definition) is 0. The van der Waals surface area contributed by atoms with Crippen LogP contribution in [-0.2, 0) is 0 Å². The number of imidazole rings is 1. The molecule has 0 saturated heterocycles. The van der Waals surface area contributed by atoms with Crippen molar-refractivity contribution in [2.24, 2.45) is 0 Å². The molecule has 0 bridgehead atoms. The van der Waals surface area contributed by atoms with Crippen LogP contribution < -0.4 is 4.74 Å². The van der Waals surface area contributed by atoms with Crippen LogP contribution in [-0.4, -0.2) is 21.1 Å². The zero-order valence-electron chi connectivity index (χ0n) is 9.52. The summed E-state index contributed by atoms with van der Waals surface area (Å²) in [6, 6.07) is 4.44. The molecule has 0 fully saturated rings. The van der Waals surface area contributed by atoms with Gasteiger partial charge >= 0.3 is 0 Å². The Morgan fingerprint density at radius 2 is 2.39 bits per heavy atom. The Bertz CT molecular complexity index is 564. The lowest BCUT2D eigenvalue weighted by Crippen LogP contribution is -2.00. The lowest BCUT2D eigenvalue weighted by Gasteiger charge is -2.10. The minimum atomic E-state index is -0.460. The van der Waals surface area contributed by atoms with Crippen molar-refractivity contribution in [3.63, 3.8) is 0 Å². The third-order valence-corrected chi connectivity index (χ3v) is 2.29. The van der Waals surface area contributed by atoms with Gasteiger partial charge in [0.25, 0.3) is 5.69 Å². The molecule has 0 aliphatic carbocycles. The van der Waals surface area contributed by atoms with E-state index in [0.29, 0.717) is 11.4 Å². The van der Waals surface area contributed by atoms with Gasteiger partial charge in [-0.25, -0.2) is 4.98 Å². The molecule has 0 amide bonds. The van der Waals surface area contributed by atoms with Gasteiger partial charge in [0.15, 0.2) is 5.75 Å². The predicted octanol–water partition coefficient (Wildman–Crippen LogP) is 2.35. The van der Waals surface area contributed by atoms with E-state index in [1.54, 1.807) is 35.4 Å². The van der Waals surface area contributed by atoms with Gasteiger partial charge in [-0.05, 0) is 6.07 Å². The Labute approximate surface area is 103 Å². The summed E-state index contributed by atoms with van der Waals surface area (Å²) in [7, 11) is 0. The van der Waals surface area contributed by atoms with E-state index in [0.717, 1.165) is 0 Å². The number of aromatic nitrogens is 2. The van der Waals surface area contributed by atoms with Crippen LogP contribution in [0.5, 0.6) is 5.75 Å². The standard InChI is InChI=1S/C12H11N3O3/c1-2-7-18-12-8-10(15(16)17)3-4-11(12)14-6-5-13-9-14/h2-6,8-9H,1,7H2. The molecule has 1 aromatic heterocycles. The average Bonchev–Trinajstić information content (AvgIpc) is 2.89. The minimum Gasteiger partial charge on any atom is -0.487 e. The van der Waals surface area contributed by atoms with E-state index in [9.17, 15) is 10.1 Å². The van der Waals surface area contributed by atoms with Gasteiger partial charge < -0.3 is 9.30 Å². The molecule has 0 atom stereocenters. The normalized spacial score (nSPS) is 10.0. The number of nitrogens with zero attached hydrogens (tertiary/aromatic N) is 3. The molecule has 2 aromatic rings. The molecule has 0 N–H and O–H groups in total. The molecule has 0 radical (unpaired) electrons. The molecule has 0 unspecified atom stereocenters.